The molecule has 0 radical (unpaired) electrons. The van der Waals surface area contributed by atoms with Gasteiger partial charge in [-0.2, -0.15) is 0 Å². The molecule has 0 bridgehead atoms. The Morgan fingerprint density at radius 2 is 1.73 bits per heavy atom. The summed E-state index contributed by atoms with van der Waals surface area (Å²) in [6, 6.07) is 14.6. The minimum absolute atomic E-state index is 0.160. The molecule has 3 aromatic rings. The molecule has 26 heavy (non-hydrogen) atoms. The Labute approximate surface area is 153 Å². The highest BCUT2D eigenvalue weighted by Crippen LogP contribution is 2.25. The van der Waals surface area contributed by atoms with Crippen LogP contribution in [0.3, 0.4) is 0 Å². The lowest BCUT2D eigenvalue weighted by molar-refractivity contribution is 0.0926. The highest BCUT2D eigenvalue weighted by atomic mass is 32.1. The van der Waals surface area contributed by atoms with Crippen LogP contribution < -0.4 is 10.6 Å². The number of amides is 3. The van der Waals surface area contributed by atoms with Gasteiger partial charge in [-0.05, 0) is 35.2 Å². The predicted octanol–water partition coefficient (Wildman–Crippen LogP) is 4.04. The average molecular weight is 368 g/mol. The molecule has 0 spiro atoms. The van der Waals surface area contributed by atoms with Crippen molar-refractivity contribution in [1.82, 2.24) is 5.32 Å². The van der Waals surface area contributed by atoms with Gasteiger partial charge in [0.25, 0.3) is 11.8 Å². The molecule has 1 heterocycles. The zero-order valence-corrected chi connectivity index (χ0v) is 14.8. The molecule has 0 fully saturated rings. The number of ether oxygens (including phenoxy) is 1. The maximum Gasteiger partial charge on any atom is 0.414 e. The van der Waals surface area contributed by atoms with Gasteiger partial charge in [-0.1, -0.05) is 36.4 Å². The minimum Gasteiger partial charge on any atom is -0.450 e. The van der Waals surface area contributed by atoms with Gasteiger partial charge in [0, 0.05) is 5.56 Å². The van der Waals surface area contributed by atoms with E-state index in [4.69, 9.17) is 4.74 Å². The van der Waals surface area contributed by atoms with Crippen LogP contribution in [0.5, 0.6) is 0 Å². The number of alkyl carbamates (subject to hydrolysis) is 1. The first kappa shape index (κ1) is 17.6. The first-order chi connectivity index (χ1) is 12.6. The van der Waals surface area contributed by atoms with E-state index in [1.165, 1.54) is 17.4 Å². The highest BCUT2D eigenvalue weighted by molar-refractivity contribution is 7.14. The summed E-state index contributed by atoms with van der Waals surface area (Å²) in [5.74, 6) is -0.952. The molecular formula is C19H16N2O4S. The van der Waals surface area contributed by atoms with E-state index >= 15 is 0 Å². The molecular weight excluding hydrogens is 352 g/mol. The van der Waals surface area contributed by atoms with Crippen molar-refractivity contribution in [3.8, 4) is 0 Å². The molecule has 1 aromatic heterocycles. The van der Waals surface area contributed by atoms with Crippen molar-refractivity contribution in [3.05, 3.63) is 65.0 Å². The third kappa shape index (κ3) is 3.73. The van der Waals surface area contributed by atoms with E-state index in [9.17, 15) is 14.4 Å². The summed E-state index contributed by atoms with van der Waals surface area (Å²) in [5.41, 5.74) is 0.713. The number of carbonyl (C=O) groups excluding carboxylic acids is 3. The Balaban J connectivity index is 1.81. The van der Waals surface area contributed by atoms with E-state index in [2.05, 4.69) is 10.6 Å². The molecule has 132 valence electrons. The number of anilines is 1. The fraction of sp³-hybridized carbons (Fsp3) is 0.105. The second-order valence-corrected chi connectivity index (χ2v) is 6.23. The van der Waals surface area contributed by atoms with E-state index in [-0.39, 0.29) is 18.1 Å². The molecule has 0 unspecified atom stereocenters. The van der Waals surface area contributed by atoms with Crippen LogP contribution in [0.2, 0.25) is 0 Å². The molecule has 2 aromatic carbocycles. The predicted molar refractivity (Wildman–Crippen MR) is 101 cm³/mol. The SMILES string of the molecule is CCOC(=O)NC(=O)c1ccsc1NC(=O)c1cccc2ccccc12. The van der Waals surface area contributed by atoms with Crippen LogP contribution >= 0.6 is 11.3 Å². The summed E-state index contributed by atoms with van der Waals surface area (Å²) >= 11 is 1.20. The molecule has 0 aliphatic heterocycles. The van der Waals surface area contributed by atoms with Crippen LogP contribution in [0.1, 0.15) is 27.6 Å². The average Bonchev–Trinajstić information content (AvgIpc) is 3.09. The van der Waals surface area contributed by atoms with Gasteiger partial charge in [0.2, 0.25) is 0 Å². The van der Waals surface area contributed by atoms with Crippen molar-refractivity contribution in [2.45, 2.75) is 6.92 Å². The maximum atomic E-state index is 12.7. The standard InChI is InChI=1S/C19H16N2O4S/c1-2-25-19(24)21-17(23)15-10-11-26-18(15)20-16(22)14-9-5-7-12-6-3-4-8-13(12)14/h3-11H,2H2,1H3,(H,20,22)(H,21,23,24). The van der Waals surface area contributed by atoms with Crippen molar-refractivity contribution < 1.29 is 19.1 Å². The van der Waals surface area contributed by atoms with E-state index < -0.39 is 12.0 Å². The third-order valence-corrected chi connectivity index (χ3v) is 4.49. The van der Waals surface area contributed by atoms with E-state index in [0.717, 1.165) is 10.8 Å². The number of imide groups is 1. The topological polar surface area (TPSA) is 84.5 Å². The first-order valence-corrected chi connectivity index (χ1v) is 8.83. The lowest BCUT2D eigenvalue weighted by atomic mass is 10.0. The van der Waals surface area contributed by atoms with Crippen molar-refractivity contribution in [2.24, 2.45) is 0 Å². The molecule has 0 saturated heterocycles. The summed E-state index contributed by atoms with van der Waals surface area (Å²) in [5, 5.41) is 8.68. The first-order valence-electron chi connectivity index (χ1n) is 7.95. The lowest BCUT2D eigenvalue weighted by Gasteiger charge is -2.09. The quantitative estimate of drug-likeness (QED) is 0.728. The van der Waals surface area contributed by atoms with Gasteiger partial charge in [-0.3, -0.25) is 14.9 Å². The summed E-state index contributed by atoms with van der Waals surface area (Å²) in [7, 11) is 0. The monoisotopic (exact) mass is 368 g/mol. The van der Waals surface area contributed by atoms with E-state index in [1.54, 1.807) is 24.4 Å². The molecule has 0 aliphatic carbocycles. The Morgan fingerprint density at radius 1 is 0.962 bits per heavy atom. The molecule has 0 aliphatic rings. The fourth-order valence-corrected chi connectivity index (χ4v) is 3.29. The second-order valence-electron chi connectivity index (χ2n) is 5.32. The van der Waals surface area contributed by atoms with Crippen LogP contribution in [0, 0.1) is 0 Å². The zero-order valence-electron chi connectivity index (χ0n) is 13.9. The van der Waals surface area contributed by atoms with Crippen LogP contribution in [0.4, 0.5) is 9.80 Å². The van der Waals surface area contributed by atoms with Gasteiger partial charge in [0.15, 0.2) is 0 Å². The maximum absolute atomic E-state index is 12.7. The Hall–Kier alpha value is -3.19. The smallest absolute Gasteiger partial charge is 0.414 e. The van der Waals surface area contributed by atoms with Crippen molar-refractivity contribution in [1.29, 1.82) is 0 Å². The summed E-state index contributed by atoms with van der Waals surface area (Å²) < 4.78 is 4.69. The van der Waals surface area contributed by atoms with Crippen molar-refractivity contribution in [2.75, 3.05) is 11.9 Å². The normalized spacial score (nSPS) is 10.3. The van der Waals surface area contributed by atoms with Gasteiger partial charge in [-0.25, -0.2) is 4.79 Å². The molecule has 0 saturated carbocycles. The number of thiophene rings is 1. The third-order valence-electron chi connectivity index (χ3n) is 3.66. The second kappa shape index (κ2) is 7.79. The number of carbonyl (C=O) groups is 3. The number of benzene rings is 2. The van der Waals surface area contributed by atoms with E-state index in [1.807, 2.05) is 30.3 Å². The Bertz CT molecular complexity index is 975. The van der Waals surface area contributed by atoms with Gasteiger partial charge in [-0.15, -0.1) is 11.3 Å². The van der Waals surface area contributed by atoms with Gasteiger partial charge >= 0.3 is 6.09 Å². The minimum atomic E-state index is -0.824. The molecule has 2 N–H and O–H groups in total. The van der Waals surface area contributed by atoms with Gasteiger partial charge in [0.05, 0.1) is 12.2 Å². The summed E-state index contributed by atoms with van der Waals surface area (Å²) in [6.45, 7) is 1.80. The highest BCUT2D eigenvalue weighted by Gasteiger charge is 2.19. The largest absolute Gasteiger partial charge is 0.450 e. The number of hydrogen-bond donors (Lipinski definition) is 2. The van der Waals surface area contributed by atoms with Gasteiger partial charge < -0.3 is 10.1 Å². The summed E-state index contributed by atoms with van der Waals surface area (Å²) in [6.07, 6.45) is -0.824. The molecule has 3 rings (SSSR count). The fourth-order valence-electron chi connectivity index (χ4n) is 2.51. The number of rotatable bonds is 4. The van der Waals surface area contributed by atoms with Crippen LogP contribution in [0.25, 0.3) is 10.8 Å². The zero-order chi connectivity index (χ0) is 18.5. The van der Waals surface area contributed by atoms with Crippen LogP contribution in [-0.2, 0) is 4.74 Å². The van der Waals surface area contributed by atoms with Crippen LogP contribution in [0.15, 0.2) is 53.9 Å². The van der Waals surface area contributed by atoms with E-state index in [0.29, 0.717) is 10.6 Å². The Kier molecular flexibility index (Phi) is 5.28. The number of nitrogens with one attached hydrogen (secondary N) is 2. The molecule has 7 heteroatoms. The molecule has 6 nitrogen and oxygen atoms in total. The molecule has 0 atom stereocenters. The number of fused-ring (bicyclic) bond motifs is 1. The lowest BCUT2D eigenvalue weighted by Crippen LogP contribution is -2.31. The van der Waals surface area contributed by atoms with Crippen LogP contribution in [-0.4, -0.2) is 24.5 Å². The number of hydrogen-bond acceptors (Lipinski definition) is 5. The van der Waals surface area contributed by atoms with Crippen molar-refractivity contribution >= 4 is 45.0 Å². The van der Waals surface area contributed by atoms with Gasteiger partial charge in [0.1, 0.15) is 5.00 Å². The van der Waals surface area contributed by atoms with Crippen molar-refractivity contribution in [3.63, 3.8) is 0 Å². The Morgan fingerprint density at radius 3 is 2.54 bits per heavy atom. The molecule has 3 amide bonds. The summed E-state index contributed by atoms with van der Waals surface area (Å²) in [4.78, 5) is 36.3.